The number of nitrogens with zero attached hydrogens (tertiary/aromatic N) is 1. The van der Waals surface area contributed by atoms with Crippen molar-refractivity contribution in [1.29, 1.82) is 0 Å². The lowest BCUT2D eigenvalue weighted by molar-refractivity contribution is 0.100. The number of carbonyl (C=O) groups is 1. The molecule has 0 aromatic heterocycles. The number of halogens is 1. The minimum atomic E-state index is -0.469. The molecule has 5 heteroatoms. The largest absolute Gasteiger partial charge is 0.366 e. The molecule has 0 saturated carbocycles. The van der Waals surface area contributed by atoms with Crippen LogP contribution in [0.25, 0.3) is 0 Å². The van der Waals surface area contributed by atoms with Crippen LogP contribution in [0.5, 0.6) is 0 Å². The van der Waals surface area contributed by atoms with Crippen LogP contribution in [0.4, 0.5) is 0 Å². The van der Waals surface area contributed by atoms with Crippen molar-refractivity contribution < 1.29 is 4.79 Å². The van der Waals surface area contributed by atoms with Gasteiger partial charge in [-0.15, -0.1) is 0 Å². The topological polar surface area (TPSA) is 58.4 Å². The fourth-order valence-corrected chi connectivity index (χ4v) is 1.33. The van der Waals surface area contributed by atoms with Crippen LogP contribution in [-0.2, 0) is 6.54 Å². The molecule has 82 valence electrons. The van der Waals surface area contributed by atoms with E-state index in [1.54, 1.807) is 18.2 Å². The summed E-state index contributed by atoms with van der Waals surface area (Å²) in [5, 5.41) is 2.37. The van der Waals surface area contributed by atoms with Crippen molar-refractivity contribution >= 4 is 17.5 Å². The summed E-state index contributed by atoms with van der Waals surface area (Å²) in [5.74, 6) is -0.469. The van der Waals surface area contributed by atoms with E-state index in [9.17, 15) is 4.79 Å². The van der Waals surface area contributed by atoms with E-state index in [0.717, 1.165) is 5.56 Å². The lowest BCUT2D eigenvalue weighted by Crippen LogP contribution is -2.29. The molecule has 0 spiro atoms. The van der Waals surface area contributed by atoms with Crippen LogP contribution in [0, 0.1) is 0 Å². The molecule has 0 aliphatic rings. The second-order valence-corrected chi connectivity index (χ2v) is 3.81. The highest BCUT2D eigenvalue weighted by molar-refractivity contribution is 6.31. The first-order chi connectivity index (χ1) is 7.00. The smallest absolute Gasteiger partial charge is 0.248 e. The molecule has 3 N–H and O–H groups in total. The van der Waals surface area contributed by atoms with Gasteiger partial charge in [-0.25, -0.2) is 0 Å². The summed E-state index contributed by atoms with van der Waals surface area (Å²) in [4.78, 5) is 10.9. The van der Waals surface area contributed by atoms with E-state index >= 15 is 0 Å². The Morgan fingerprint density at radius 1 is 1.53 bits per heavy atom. The number of nitrogens with one attached hydrogen (secondary N) is 1. The highest BCUT2D eigenvalue weighted by Crippen LogP contribution is 2.17. The van der Waals surface area contributed by atoms with Crippen molar-refractivity contribution in [2.45, 2.75) is 6.54 Å². The number of nitrogens with two attached hydrogens (primary N) is 1. The Bertz CT molecular complexity index is 366. The van der Waals surface area contributed by atoms with Gasteiger partial charge in [-0.05, 0) is 17.7 Å². The van der Waals surface area contributed by atoms with Gasteiger partial charge in [-0.2, -0.15) is 0 Å². The summed E-state index contributed by atoms with van der Waals surface area (Å²) >= 11 is 5.99. The molecule has 0 aliphatic heterocycles. The van der Waals surface area contributed by atoms with Gasteiger partial charge in [0.15, 0.2) is 0 Å². The first-order valence-corrected chi connectivity index (χ1v) is 4.87. The molecule has 0 fully saturated rings. The molecule has 4 nitrogen and oxygen atoms in total. The molecule has 1 aromatic carbocycles. The third-order valence-electron chi connectivity index (χ3n) is 1.92. The number of hydrogen-bond donors (Lipinski definition) is 2. The highest BCUT2D eigenvalue weighted by Gasteiger charge is 2.05. The molecular weight excluding hydrogens is 214 g/mol. The maximum atomic E-state index is 10.9. The predicted molar refractivity (Wildman–Crippen MR) is 60.5 cm³/mol. The van der Waals surface area contributed by atoms with Gasteiger partial charge in [0.2, 0.25) is 5.91 Å². The van der Waals surface area contributed by atoms with Crippen LogP contribution in [0.1, 0.15) is 15.9 Å². The Hall–Kier alpha value is -1.10. The van der Waals surface area contributed by atoms with Crippen LogP contribution < -0.4 is 11.2 Å². The number of hydrogen-bond acceptors (Lipinski definition) is 3. The minimum Gasteiger partial charge on any atom is -0.366 e. The van der Waals surface area contributed by atoms with Crippen LogP contribution in [0.15, 0.2) is 18.2 Å². The monoisotopic (exact) mass is 227 g/mol. The van der Waals surface area contributed by atoms with Crippen molar-refractivity contribution in [3.05, 3.63) is 34.3 Å². The van der Waals surface area contributed by atoms with E-state index in [2.05, 4.69) is 5.43 Å². The van der Waals surface area contributed by atoms with Gasteiger partial charge in [0, 0.05) is 31.2 Å². The van der Waals surface area contributed by atoms with Crippen LogP contribution in [0.3, 0.4) is 0 Å². The van der Waals surface area contributed by atoms with Gasteiger partial charge in [0.05, 0.1) is 0 Å². The van der Waals surface area contributed by atoms with Crippen LogP contribution in [-0.4, -0.2) is 25.0 Å². The van der Waals surface area contributed by atoms with Crippen molar-refractivity contribution in [3.63, 3.8) is 0 Å². The Labute approximate surface area is 94.0 Å². The summed E-state index contributed by atoms with van der Waals surface area (Å²) in [6.45, 7) is 0.616. The maximum Gasteiger partial charge on any atom is 0.248 e. The number of amides is 1. The molecule has 0 heterocycles. The lowest BCUT2D eigenvalue weighted by atomic mass is 10.1. The quantitative estimate of drug-likeness (QED) is 0.755. The third-order valence-corrected chi connectivity index (χ3v) is 2.28. The van der Waals surface area contributed by atoms with E-state index in [-0.39, 0.29) is 0 Å². The first kappa shape index (κ1) is 12.0. The van der Waals surface area contributed by atoms with Crippen LogP contribution >= 0.6 is 11.6 Å². The molecule has 15 heavy (non-hydrogen) atoms. The number of rotatable bonds is 4. The Morgan fingerprint density at radius 2 is 2.20 bits per heavy atom. The Morgan fingerprint density at radius 3 is 2.67 bits per heavy atom. The molecule has 0 radical (unpaired) electrons. The zero-order valence-corrected chi connectivity index (χ0v) is 9.51. The number of primary amides is 1. The maximum absolute atomic E-state index is 10.9. The third kappa shape index (κ3) is 3.51. The van der Waals surface area contributed by atoms with Crippen molar-refractivity contribution in [2.75, 3.05) is 14.1 Å². The SMILES string of the molecule is CN(C)NCc1ccc(C(N)=O)cc1Cl. The Balaban J connectivity index is 2.79. The minimum absolute atomic E-state index is 0.425. The van der Waals surface area contributed by atoms with Gasteiger partial charge in [-0.1, -0.05) is 17.7 Å². The average molecular weight is 228 g/mol. The molecule has 1 rings (SSSR count). The number of benzene rings is 1. The zero-order chi connectivity index (χ0) is 11.4. The second kappa shape index (κ2) is 5.11. The summed E-state index contributed by atoms with van der Waals surface area (Å²) in [7, 11) is 3.79. The zero-order valence-electron chi connectivity index (χ0n) is 8.75. The fourth-order valence-electron chi connectivity index (χ4n) is 1.09. The van der Waals surface area contributed by atoms with E-state index in [1.807, 2.05) is 19.1 Å². The van der Waals surface area contributed by atoms with E-state index < -0.39 is 5.91 Å². The van der Waals surface area contributed by atoms with Crippen molar-refractivity contribution in [2.24, 2.45) is 5.73 Å². The molecule has 0 unspecified atom stereocenters. The van der Waals surface area contributed by atoms with E-state index in [4.69, 9.17) is 17.3 Å². The molecule has 1 amide bonds. The fraction of sp³-hybridized carbons (Fsp3) is 0.300. The van der Waals surface area contributed by atoms with Gasteiger partial charge in [0.25, 0.3) is 0 Å². The second-order valence-electron chi connectivity index (χ2n) is 3.40. The summed E-state index contributed by atoms with van der Waals surface area (Å²) in [5.41, 5.74) is 9.57. The number of carbonyl (C=O) groups excluding carboxylic acids is 1. The van der Waals surface area contributed by atoms with Crippen molar-refractivity contribution in [1.82, 2.24) is 10.4 Å². The summed E-state index contributed by atoms with van der Waals surface area (Å²) in [6.07, 6.45) is 0. The lowest BCUT2D eigenvalue weighted by Gasteiger charge is -2.12. The molecule has 0 atom stereocenters. The molecule has 1 aromatic rings. The molecule has 0 bridgehead atoms. The predicted octanol–water partition coefficient (Wildman–Crippen LogP) is 1.01. The van der Waals surface area contributed by atoms with Gasteiger partial charge in [0.1, 0.15) is 0 Å². The summed E-state index contributed by atoms with van der Waals surface area (Å²) < 4.78 is 0. The normalized spacial score (nSPS) is 10.7. The first-order valence-electron chi connectivity index (χ1n) is 4.49. The van der Waals surface area contributed by atoms with Gasteiger partial charge in [-0.3, -0.25) is 15.2 Å². The molecular formula is C10H14ClN3O. The van der Waals surface area contributed by atoms with Gasteiger partial charge >= 0.3 is 0 Å². The standard InChI is InChI=1S/C10H14ClN3O/c1-14(2)13-6-8-4-3-7(10(12)15)5-9(8)11/h3-5,13H,6H2,1-2H3,(H2,12,15). The van der Waals surface area contributed by atoms with Crippen LogP contribution in [0.2, 0.25) is 5.02 Å². The highest BCUT2D eigenvalue weighted by atomic mass is 35.5. The van der Waals surface area contributed by atoms with E-state index in [0.29, 0.717) is 17.1 Å². The van der Waals surface area contributed by atoms with Crippen molar-refractivity contribution in [3.8, 4) is 0 Å². The average Bonchev–Trinajstić information content (AvgIpc) is 2.15. The number of hydrazine groups is 1. The van der Waals surface area contributed by atoms with Gasteiger partial charge < -0.3 is 5.73 Å². The van der Waals surface area contributed by atoms with E-state index in [1.165, 1.54) is 0 Å². The molecule has 0 aliphatic carbocycles. The Kier molecular flexibility index (Phi) is 4.08. The summed E-state index contributed by atoms with van der Waals surface area (Å²) in [6, 6.07) is 5.04. The molecule has 0 saturated heterocycles.